The van der Waals surface area contributed by atoms with Gasteiger partial charge >= 0.3 is 0 Å². The Kier molecular flexibility index (Phi) is 4.64. The molecule has 3 heterocycles. The summed E-state index contributed by atoms with van der Waals surface area (Å²) in [6.07, 6.45) is 5.02. The van der Waals surface area contributed by atoms with Gasteiger partial charge in [-0.1, -0.05) is 12.1 Å². The van der Waals surface area contributed by atoms with E-state index in [2.05, 4.69) is 22.1 Å². The number of hydrogen-bond acceptors (Lipinski definition) is 6. The van der Waals surface area contributed by atoms with E-state index >= 15 is 0 Å². The first-order chi connectivity index (χ1) is 12.8. The number of furan rings is 1. The first-order valence-electron chi connectivity index (χ1n) is 8.66. The van der Waals surface area contributed by atoms with E-state index in [0.29, 0.717) is 18.0 Å². The van der Waals surface area contributed by atoms with Crippen LogP contribution >= 0.6 is 0 Å². The summed E-state index contributed by atoms with van der Waals surface area (Å²) < 4.78 is 16.4. The molecular weight excluding hydrogens is 330 g/mol. The first kappa shape index (κ1) is 16.3. The number of aromatic nitrogens is 1. The first-order valence-corrected chi connectivity index (χ1v) is 8.66. The van der Waals surface area contributed by atoms with Gasteiger partial charge in [0.1, 0.15) is 17.2 Å². The number of ether oxygens (including phenoxy) is 1. The highest BCUT2D eigenvalue weighted by molar-refractivity contribution is 6.05. The van der Waals surface area contributed by atoms with Crippen LogP contribution in [0.4, 0.5) is 0 Å². The van der Waals surface area contributed by atoms with Crippen LogP contribution in [0.1, 0.15) is 24.9 Å². The fraction of sp³-hybridized carbons (Fsp3) is 0.250. The standard InChI is InChI=1S/C20H19N3O3/c1-2-9-24-16-7-5-14(6-8-16)18-12-17(26-23-18)11-15-13-21-20(22-15)19-4-3-10-25-19/h3-8,10,12-13,15H,2,9,11H2,1H3. The zero-order chi connectivity index (χ0) is 17.8. The van der Waals surface area contributed by atoms with E-state index in [1.54, 1.807) is 12.5 Å². The second-order valence-electron chi connectivity index (χ2n) is 6.03. The SMILES string of the molecule is CCCOc1ccc(-c2cc(CC3C=NC(c4ccco4)=N3)on2)cc1. The van der Waals surface area contributed by atoms with Crippen LogP contribution in [0.15, 0.2) is 67.7 Å². The van der Waals surface area contributed by atoms with Crippen LogP contribution in [0, 0.1) is 0 Å². The Hall–Kier alpha value is -3.15. The van der Waals surface area contributed by atoms with Crippen LogP contribution < -0.4 is 4.74 Å². The monoisotopic (exact) mass is 349 g/mol. The lowest BCUT2D eigenvalue weighted by molar-refractivity contribution is 0.317. The molecule has 0 aliphatic carbocycles. The van der Waals surface area contributed by atoms with Crippen molar-refractivity contribution in [3.05, 3.63) is 60.2 Å². The Balaban J connectivity index is 1.41. The molecule has 0 N–H and O–H groups in total. The summed E-state index contributed by atoms with van der Waals surface area (Å²) in [5, 5.41) is 4.16. The van der Waals surface area contributed by atoms with E-state index in [4.69, 9.17) is 13.7 Å². The Morgan fingerprint density at radius 3 is 2.81 bits per heavy atom. The molecular formula is C20H19N3O3. The second kappa shape index (κ2) is 7.39. The van der Waals surface area contributed by atoms with Gasteiger partial charge in [-0.3, -0.25) is 4.99 Å². The molecule has 0 spiro atoms. The minimum absolute atomic E-state index is 0.0688. The van der Waals surface area contributed by atoms with Crippen molar-refractivity contribution in [1.82, 2.24) is 5.16 Å². The summed E-state index contributed by atoms with van der Waals surface area (Å²) in [5.41, 5.74) is 1.79. The highest BCUT2D eigenvalue weighted by Crippen LogP contribution is 2.23. The summed E-state index contributed by atoms with van der Waals surface area (Å²) in [5.74, 6) is 2.92. The number of hydrogen-bond donors (Lipinski definition) is 0. The normalized spacial score (nSPS) is 16.0. The van der Waals surface area contributed by atoms with Gasteiger partial charge in [0.05, 0.1) is 18.9 Å². The Morgan fingerprint density at radius 2 is 2.04 bits per heavy atom. The molecule has 6 nitrogen and oxygen atoms in total. The molecule has 1 unspecified atom stereocenters. The van der Waals surface area contributed by atoms with Gasteiger partial charge in [0.25, 0.3) is 0 Å². The number of benzene rings is 1. The largest absolute Gasteiger partial charge is 0.494 e. The quantitative estimate of drug-likeness (QED) is 0.642. The zero-order valence-corrected chi connectivity index (χ0v) is 14.5. The average Bonchev–Trinajstić information content (AvgIpc) is 3.42. The van der Waals surface area contributed by atoms with Crippen molar-refractivity contribution in [2.24, 2.45) is 9.98 Å². The molecule has 2 aromatic heterocycles. The molecule has 0 amide bonds. The number of rotatable bonds is 7. The molecule has 26 heavy (non-hydrogen) atoms. The summed E-state index contributed by atoms with van der Waals surface area (Å²) in [4.78, 5) is 8.85. The van der Waals surface area contributed by atoms with Gasteiger partial charge < -0.3 is 13.7 Å². The molecule has 0 saturated heterocycles. The van der Waals surface area contributed by atoms with E-state index in [9.17, 15) is 0 Å². The third-order valence-corrected chi connectivity index (χ3v) is 3.99. The van der Waals surface area contributed by atoms with Gasteiger partial charge in [0.15, 0.2) is 11.6 Å². The van der Waals surface area contributed by atoms with E-state index < -0.39 is 0 Å². The highest BCUT2D eigenvalue weighted by Gasteiger charge is 2.18. The molecule has 6 heteroatoms. The van der Waals surface area contributed by atoms with Gasteiger partial charge in [0.2, 0.25) is 0 Å². The maximum atomic E-state index is 5.60. The maximum absolute atomic E-state index is 5.60. The lowest BCUT2D eigenvalue weighted by Gasteiger charge is -2.04. The third-order valence-electron chi connectivity index (χ3n) is 3.99. The predicted octanol–water partition coefficient (Wildman–Crippen LogP) is 4.17. The Morgan fingerprint density at radius 1 is 1.15 bits per heavy atom. The molecule has 3 aromatic rings. The van der Waals surface area contributed by atoms with Crippen LogP contribution in [0.3, 0.4) is 0 Å². The van der Waals surface area contributed by atoms with Gasteiger partial charge in [-0.2, -0.15) is 0 Å². The van der Waals surface area contributed by atoms with Crippen molar-refractivity contribution in [2.75, 3.05) is 6.61 Å². The van der Waals surface area contributed by atoms with E-state index in [1.165, 1.54) is 0 Å². The minimum atomic E-state index is -0.0688. The smallest absolute Gasteiger partial charge is 0.191 e. The highest BCUT2D eigenvalue weighted by atomic mass is 16.5. The molecule has 1 aliphatic rings. The molecule has 1 aliphatic heterocycles. The van der Waals surface area contributed by atoms with E-state index in [1.807, 2.05) is 42.5 Å². The van der Waals surface area contributed by atoms with Crippen LogP contribution in [0.25, 0.3) is 11.3 Å². The third kappa shape index (κ3) is 3.59. The van der Waals surface area contributed by atoms with Crippen molar-refractivity contribution in [3.63, 3.8) is 0 Å². The van der Waals surface area contributed by atoms with Crippen molar-refractivity contribution >= 4 is 12.1 Å². The zero-order valence-electron chi connectivity index (χ0n) is 14.5. The minimum Gasteiger partial charge on any atom is -0.494 e. The predicted molar refractivity (Wildman–Crippen MR) is 99.0 cm³/mol. The van der Waals surface area contributed by atoms with E-state index in [-0.39, 0.29) is 6.04 Å². The molecule has 132 valence electrons. The summed E-state index contributed by atoms with van der Waals surface area (Å²) >= 11 is 0. The van der Waals surface area contributed by atoms with Gasteiger partial charge in [0, 0.05) is 24.3 Å². The van der Waals surface area contributed by atoms with Gasteiger partial charge in [-0.05, 0) is 42.8 Å². The van der Waals surface area contributed by atoms with Crippen molar-refractivity contribution in [3.8, 4) is 17.0 Å². The fourth-order valence-electron chi connectivity index (χ4n) is 2.70. The average molecular weight is 349 g/mol. The van der Waals surface area contributed by atoms with Crippen molar-refractivity contribution < 1.29 is 13.7 Å². The van der Waals surface area contributed by atoms with Crippen LogP contribution in [0.5, 0.6) is 5.75 Å². The van der Waals surface area contributed by atoms with Crippen molar-refractivity contribution in [2.45, 2.75) is 25.8 Å². The fourth-order valence-corrected chi connectivity index (χ4v) is 2.70. The lowest BCUT2D eigenvalue weighted by Crippen LogP contribution is -2.06. The Bertz CT molecular complexity index is 908. The van der Waals surface area contributed by atoms with Crippen LogP contribution in [-0.4, -0.2) is 29.9 Å². The summed E-state index contributed by atoms with van der Waals surface area (Å²) in [7, 11) is 0. The van der Waals surface area contributed by atoms with Crippen LogP contribution in [-0.2, 0) is 6.42 Å². The molecule has 0 saturated carbocycles. The van der Waals surface area contributed by atoms with Gasteiger partial charge in [-0.15, -0.1) is 0 Å². The topological polar surface area (TPSA) is 73.1 Å². The molecule has 4 rings (SSSR count). The van der Waals surface area contributed by atoms with Crippen LogP contribution in [0.2, 0.25) is 0 Å². The molecule has 0 bridgehead atoms. The maximum Gasteiger partial charge on any atom is 0.191 e. The molecule has 1 aromatic carbocycles. The lowest BCUT2D eigenvalue weighted by atomic mass is 10.1. The summed E-state index contributed by atoms with van der Waals surface area (Å²) in [6, 6.07) is 13.4. The molecule has 0 fully saturated rings. The second-order valence-corrected chi connectivity index (χ2v) is 6.03. The summed E-state index contributed by atoms with van der Waals surface area (Å²) in [6.45, 7) is 2.80. The number of aliphatic imine (C=N–C) groups is 2. The molecule has 0 radical (unpaired) electrons. The van der Waals surface area contributed by atoms with Crippen molar-refractivity contribution in [1.29, 1.82) is 0 Å². The molecule has 1 atom stereocenters. The van der Waals surface area contributed by atoms with Gasteiger partial charge in [-0.25, -0.2) is 4.99 Å². The number of nitrogens with zero attached hydrogens (tertiary/aromatic N) is 3. The Labute approximate surface area is 151 Å². The van der Waals surface area contributed by atoms with E-state index in [0.717, 1.165) is 35.8 Å². The number of amidine groups is 1.